The largest absolute Gasteiger partial charge is 0.494 e. The molecule has 0 spiro atoms. The molecule has 0 fully saturated rings. The SMILES string of the molecule is CCOc1ccc(NC(=O)/C(C#N)=C/c2ccc(C(=O)OC)cc2)cc1. The first kappa shape index (κ1) is 18.7. The molecule has 2 aromatic rings. The van der Waals surface area contributed by atoms with E-state index >= 15 is 0 Å². The summed E-state index contributed by atoms with van der Waals surface area (Å²) in [5, 5.41) is 11.9. The van der Waals surface area contributed by atoms with Crippen molar-refractivity contribution >= 4 is 23.6 Å². The molecule has 0 atom stereocenters. The maximum Gasteiger partial charge on any atom is 0.337 e. The number of nitriles is 1. The van der Waals surface area contributed by atoms with E-state index in [0.717, 1.165) is 0 Å². The number of carbonyl (C=O) groups excluding carboxylic acids is 2. The molecule has 26 heavy (non-hydrogen) atoms. The summed E-state index contributed by atoms with van der Waals surface area (Å²) >= 11 is 0. The number of hydrogen-bond acceptors (Lipinski definition) is 5. The number of nitrogens with zero attached hydrogens (tertiary/aromatic N) is 1. The molecule has 0 radical (unpaired) electrons. The Morgan fingerprint density at radius 3 is 2.31 bits per heavy atom. The van der Waals surface area contributed by atoms with Crippen molar-refractivity contribution in [2.75, 3.05) is 19.0 Å². The average molecular weight is 350 g/mol. The standard InChI is InChI=1S/C20H18N2O4/c1-3-26-18-10-8-17(9-11-18)22-19(23)16(13-21)12-14-4-6-15(7-5-14)20(24)25-2/h4-12H,3H2,1-2H3,(H,22,23)/b16-12+. The number of amides is 1. The fourth-order valence-electron chi connectivity index (χ4n) is 2.15. The molecule has 0 aliphatic rings. The second-order valence-electron chi connectivity index (χ2n) is 5.19. The number of carbonyl (C=O) groups is 2. The molecule has 0 saturated carbocycles. The second-order valence-corrected chi connectivity index (χ2v) is 5.19. The number of anilines is 1. The smallest absolute Gasteiger partial charge is 0.337 e. The molecule has 0 saturated heterocycles. The van der Waals surface area contributed by atoms with Crippen molar-refractivity contribution in [1.29, 1.82) is 5.26 Å². The van der Waals surface area contributed by atoms with Crippen molar-refractivity contribution in [2.24, 2.45) is 0 Å². The minimum Gasteiger partial charge on any atom is -0.494 e. The van der Waals surface area contributed by atoms with Crippen LogP contribution in [0.3, 0.4) is 0 Å². The lowest BCUT2D eigenvalue weighted by atomic mass is 10.1. The van der Waals surface area contributed by atoms with Crippen molar-refractivity contribution < 1.29 is 19.1 Å². The monoisotopic (exact) mass is 350 g/mol. The average Bonchev–Trinajstić information content (AvgIpc) is 2.67. The van der Waals surface area contributed by atoms with E-state index in [2.05, 4.69) is 10.1 Å². The predicted molar refractivity (Wildman–Crippen MR) is 97.6 cm³/mol. The molecular weight excluding hydrogens is 332 g/mol. The molecule has 1 amide bonds. The fraction of sp³-hybridized carbons (Fsp3) is 0.150. The summed E-state index contributed by atoms with van der Waals surface area (Å²) in [5.74, 6) is -0.268. The van der Waals surface area contributed by atoms with E-state index in [1.54, 1.807) is 48.5 Å². The lowest BCUT2D eigenvalue weighted by Crippen LogP contribution is -2.13. The molecular formula is C20H18N2O4. The zero-order valence-electron chi connectivity index (χ0n) is 14.5. The first-order valence-corrected chi connectivity index (χ1v) is 7.91. The molecule has 1 N–H and O–H groups in total. The number of esters is 1. The van der Waals surface area contributed by atoms with Gasteiger partial charge in [0.05, 0.1) is 19.3 Å². The van der Waals surface area contributed by atoms with E-state index in [1.165, 1.54) is 13.2 Å². The van der Waals surface area contributed by atoms with Crippen LogP contribution in [-0.4, -0.2) is 25.6 Å². The van der Waals surface area contributed by atoms with E-state index in [4.69, 9.17) is 4.74 Å². The topological polar surface area (TPSA) is 88.4 Å². The van der Waals surface area contributed by atoms with Crippen molar-refractivity contribution in [3.8, 4) is 11.8 Å². The Labute approximate surface area is 151 Å². The Kier molecular flexibility index (Phi) is 6.52. The minimum absolute atomic E-state index is 0.0512. The van der Waals surface area contributed by atoms with Crippen LogP contribution in [-0.2, 0) is 9.53 Å². The van der Waals surface area contributed by atoms with Crippen molar-refractivity contribution in [1.82, 2.24) is 0 Å². The van der Waals surface area contributed by atoms with E-state index in [0.29, 0.717) is 29.2 Å². The highest BCUT2D eigenvalue weighted by Gasteiger charge is 2.10. The van der Waals surface area contributed by atoms with Crippen LogP contribution in [0.2, 0.25) is 0 Å². The molecule has 0 unspecified atom stereocenters. The number of ether oxygens (including phenoxy) is 2. The zero-order valence-corrected chi connectivity index (χ0v) is 14.5. The Bertz CT molecular complexity index is 847. The van der Waals surface area contributed by atoms with Crippen molar-refractivity contribution in [3.63, 3.8) is 0 Å². The van der Waals surface area contributed by atoms with Gasteiger partial charge < -0.3 is 14.8 Å². The predicted octanol–water partition coefficient (Wildman–Crippen LogP) is 3.42. The normalized spacial score (nSPS) is 10.6. The maximum absolute atomic E-state index is 12.3. The highest BCUT2D eigenvalue weighted by Crippen LogP contribution is 2.17. The van der Waals surface area contributed by atoms with Gasteiger partial charge in [-0.1, -0.05) is 12.1 Å². The molecule has 6 nitrogen and oxygen atoms in total. The Morgan fingerprint density at radius 2 is 1.77 bits per heavy atom. The summed E-state index contributed by atoms with van der Waals surface area (Å²) in [5.41, 5.74) is 1.52. The van der Waals surface area contributed by atoms with E-state index in [9.17, 15) is 14.9 Å². The first-order valence-electron chi connectivity index (χ1n) is 7.91. The fourth-order valence-corrected chi connectivity index (χ4v) is 2.15. The highest BCUT2D eigenvalue weighted by molar-refractivity contribution is 6.09. The van der Waals surface area contributed by atoms with Crippen LogP contribution >= 0.6 is 0 Å². The van der Waals surface area contributed by atoms with Gasteiger partial charge in [-0.05, 0) is 55.0 Å². The summed E-state index contributed by atoms with van der Waals surface area (Å²) < 4.78 is 9.97. The van der Waals surface area contributed by atoms with Gasteiger partial charge in [0.15, 0.2) is 0 Å². The van der Waals surface area contributed by atoms with Gasteiger partial charge in [0.1, 0.15) is 17.4 Å². The van der Waals surface area contributed by atoms with E-state index < -0.39 is 11.9 Å². The van der Waals surface area contributed by atoms with Gasteiger partial charge in [-0.3, -0.25) is 4.79 Å². The van der Waals surface area contributed by atoms with Gasteiger partial charge >= 0.3 is 5.97 Å². The van der Waals surface area contributed by atoms with Gasteiger partial charge in [-0.2, -0.15) is 5.26 Å². The molecule has 0 bridgehead atoms. The minimum atomic E-state index is -0.520. The van der Waals surface area contributed by atoms with Crippen LogP contribution in [0.15, 0.2) is 54.1 Å². The third kappa shape index (κ3) is 4.95. The number of benzene rings is 2. The summed E-state index contributed by atoms with van der Waals surface area (Å²) in [6.07, 6.45) is 1.45. The van der Waals surface area contributed by atoms with Crippen LogP contribution in [0.25, 0.3) is 6.08 Å². The summed E-state index contributed by atoms with van der Waals surface area (Å²) in [7, 11) is 1.30. The van der Waals surface area contributed by atoms with Crippen LogP contribution in [0.4, 0.5) is 5.69 Å². The van der Waals surface area contributed by atoms with Gasteiger partial charge in [0.25, 0.3) is 5.91 Å². The Balaban J connectivity index is 2.11. The van der Waals surface area contributed by atoms with Crippen molar-refractivity contribution in [2.45, 2.75) is 6.92 Å². The van der Waals surface area contributed by atoms with Crippen LogP contribution in [0, 0.1) is 11.3 Å². The molecule has 2 aromatic carbocycles. The van der Waals surface area contributed by atoms with E-state index in [-0.39, 0.29) is 5.57 Å². The molecule has 0 heterocycles. The summed E-state index contributed by atoms with van der Waals surface area (Å²) in [6.45, 7) is 2.44. The maximum atomic E-state index is 12.3. The number of rotatable bonds is 6. The van der Waals surface area contributed by atoms with E-state index in [1.807, 2.05) is 13.0 Å². The van der Waals surface area contributed by atoms with Gasteiger partial charge in [-0.15, -0.1) is 0 Å². The molecule has 0 aromatic heterocycles. The molecule has 0 aliphatic carbocycles. The number of methoxy groups -OCH3 is 1. The highest BCUT2D eigenvalue weighted by atomic mass is 16.5. The quantitative estimate of drug-likeness (QED) is 0.490. The summed E-state index contributed by atoms with van der Waals surface area (Å²) in [4.78, 5) is 23.7. The number of hydrogen-bond donors (Lipinski definition) is 1. The Hall–Kier alpha value is -3.59. The van der Waals surface area contributed by atoms with Crippen LogP contribution < -0.4 is 10.1 Å². The molecule has 0 aliphatic heterocycles. The lowest BCUT2D eigenvalue weighted by Gasteiger charge is -2.06. The lowest BCUT2D eigenvalue weighted by molar-refractivity contribution is -0.112. The third-order valence-corrected chi connectivity index (χ3v) is 3.43. The Morgan fingerprint density at radius 1 is 1.12 bits per heavy atom. The van der Waals surface area contributed by atoms with Gasteiger partial charge in [0.2, 0.25) is 0 Å². The van der Waals surface area contributed by atoms with Crippen molar-refractivity contribution in [3.05, 3.63) is 65.2 Å². The number of nitrogens with one attached hydrogen (secondary N) is 1. The first-order chi connectivity index (χ1) is 12.6. The van der Waals surface area contributed by atoms with Gasteiger partial charge in [-0.25, -0.2) is 4.79 Å². The summed E-state index contributed by atoms with van der Waals surface area (Å²) in [6, 6.07) is 15.1. The molecule has 2 rings (SSSR count). The van der Waals surface area contributed by atoms with Gasteiger partial charge in [0, 0.05) is 5.69 Å². The van der Waals surface area contributed by atoms with Crippen LogP contribution in [0.5, 0.6) is 5.75 Å². The van der Waals surface area contributed by atoms with Crippen LogP contribution in [0.1, 0.15) is 22.8 Å². The molecule has 132 valence electrons. The third-order valence-electron chi connectivity index (χ3n) is 3.43. The second kappa shape index (κ2) is 9.04. The molecule has 6 heteroatoms. The zero-order chi connectivity index (χ0) is 18.9.